The van der Waals surface area contributed by atoms with Crippen molar-refractivity contribution in [1.29, 1.82) is 0 Å². The van der Waals surface area contributed by atoms with E-state index >= 15 is 0 Å². The van der Waals surface area contributed by atoms with Crippen LogP contribution < -0.4 is 11.5 Å². The molecular formula is C14H26BN3O6. The van der Waals surface area contributed by atoms with Crippen molar-refractivity contribution >= 4 is 19.0 Å². The fourth-order valence-corrected chi connectivity index (χ4v) is 4.27. The molecule has 2 fully saturated rings. The minimum atomic E-state index is -1.43. The van der Waals surface area contributed by atoms with Crippen molar-refractivity contribution in [1.82, 2.24) is 4.90 Å². The van der Waals surface area contributed by atoms with Gasteiger partial charge in [0.2, 0.25) is 5.91 Å². The van der Waals surface area contributed by atoms with Gasteiger partial charge in [-0.25, -0.2) is 0 Å². The Morgan fingerprint density at radius 2 is 2.00 bits per heavy atom. The molecule has 1 heterocycles. The van der Waals surface area contributed by atoms with Crippen LogP contribution in [0.3, 0.4) is 0 Å². The number of aliphatic hydroxyl groups is 1. The second kappa shape index (κ2) is 7.36. The van der Waals surface area contributed by atoms with E-state index in [4.69, 9.17) is 26.6 Å². The first-order chi connectivity index (χ1) is 11.2. The van der Waals surface area contributed by atoms with Crippen LogP contribution in [0.4, 0.5) is 0 Å². The van der Waals surface area contributed by atoms with Crippen molar-refractivity contribution in [2.75, 3.05) is 19.7 Å². The summed E-state index contributed by atoms with van der Waals surface area (Å²) < 4.78 is 0. The highest BCUT2D eigenvalue weighted by Crippen LogP contribution is 2.49. The molecule has 0 spiro atoms. The Kier molecular flexibility index (Phi) is 5.87. The van der Waals surface area contributed by atoms with Gasteiger partial charge in [-0.1, -0.05) is 6.42 Å². The number of aliphatic carboxylic acids is 1. The van der Waals surface area contributed by atoms with Gasteiger partial charge in [-0.3, -0.25) is 9.59 Å². The lowest BCUT2D eigenvalue weighted by Crippen LogP contribution is -2.54. The highest BCUT2D eigenvalue weighted by atomic mass is 16.4. The summed E-state index contributed by atoms with van der Waals surface area (Å²) in [4.78, 5) is 25.4. The lowest BCUT2D eigenvalue weighted by atomic mass is 9.76. The monoisotopic (exact) mass is 343 g/mol. The molecule has 5 unspecified atom stereocenters. The fourth-order valence-electron chi connectivity index (χ4n) is 4.27. The van der Waals surface area contributed by atoms with E-state index in [1.54, 1.807) is 4.90 Å². The smallest absolute Gasteiger partial charge is 0.451 e. The Balaban J connectivity index is 2.09. The molecule has 10 heteroatoms. The van der Waals surface area contributed by atoms with Crippen molar-refractivity contribution in [3.63, 3.8) is 0 Å². The number of likely N-dealkylation sites (tertiary alicyclic amines) is 1. The molecule has 8 N–H and O–H groups in total. The second-order valence-corrected chi connectivity index (χ2v) is 7.02. The Morgan fingerprint density at radius 3 is 2.54 bits per heavy atom. The van der Waals surface area contributed by atoms with Crippen molar-refractivity contribution in [2.24, 2.45) is 29.2 Å². The molecule has 1 amide bonds. The number of fused-ring (bicyclic) bond motifs is 1. The highest BCUT2D eigenvalue weighted by molar-refractivity contribution is 6.40. The molecule has 2 aliphatic rings. The van der Waals surface area contributed by atoms with Crippen LogP contribution in [0, 0.1) is 17.8 Å². The molecule has 5 atom stereocenters. The van der Waals surface area contributed by atoms with E-state index < -0.39 is 31.3 Å². The van der Waals surface area contributed by atoms with Crippen molar-refractivity contribution in [3.05, 3.63) is 0 Å². The van der Waals surface area contributed by atoms with E-state index in [0.717, 1.165) is 0 Å². The number of nitrogens with two attached hydrogens (primary N) is 2. The number of carboxylic acids is 1. The van der Waals surface area contributed by atoms with Crippen LogP contribution in [0.15, 0.2) is 0 Å². The molecule has 0 aromatic carbocycles. The standard InChI is InChI=1S/C14H26BN3O6/c16-11(7-19)12(20)18-5-8-4-14(17,13(21)22)10(9(8)6-18)2-1-3-15(23)24/h8-11,19,23-24H,1-7,16-17H2,(H,21,22). The lowest BCUT2D eigenvalue weighted by Gasteiger charge is -2.31. The normalized spacial score (nSPS) is 33.4. The molecular weight excluding hydrogens is 317 g/mol. The third-order valence-corrected chi connectivity index (χ3v) is 5.47. The van der Waals surface area contributed by atoms with Crippen LogP contribution in [-0.4, -0.2) is 75.4 Å². The fraction of sp³-hybridized carbons (Fsp3) is 0.857. The predicted octanol–water partition coefficient (Wildman–Crippen LogP) is -2.56. The largest absolute Gasteiger partial charge is 0.480 e. The quantitative estimate of drug-likeness (QED) is 0.274. The summed E-state index contributed by atoms with van der Waals surface area (Å²) in [5.74, 6) is -1.82. The summed E-state index contributed by atoms with van der Waals surface area (Å²) in [6, 6.07) is -0.964. The molecule has 1 aliphatic carbocycles. The molecule has 9 nitrogen and oxygen atoms in total. The predicted molar refractivity (Wildman–Crippen MR) is 85.5 cm³/mol. The average Bonchev–Trinajstić information content (AvgIpc) is 3.02. The number of nitrogens with zero attached hydrogens (tertiary/aromatic N) is 1. The van der Waals surface area contributed by atoms with Crippen LogP contribution >= 0.6 is 0 Å². The van der Waals surface area contributed by atoms with Crippen LogP contribution in [0.5, 0.6) is 0 Å². The van der Waals surface area contributed by atoms with E-state index in [2.05, 4.69) is 0 Å². The maximum Gasteiger partial charge on any atom is 0.451 e. The van der Waals surface area contributed by atoms with Crippen LogP contribution in [0.2, 0.25) is 6.32 Å². The average molecular weight is 343 g/mol. The van der Waals surface area contributed by atoms with Crippen LogP contribution in [0.1, 0.15) is 19.3 Å². The summed E-state index contributed by atoms with van der Waals surface area (Å²) in [6.07, 6.45) is 1.33. The maximum atomic E-state index is 12.1. The van der Waals surface area contributed by atoms with Gasteiger partial charge in [0.15, 0.2) is 0 Å². The molecule has 0 radical (unpaired) electrons. The third-order valence-electron chi connectivity index (χ3n) is 5.47. The van der Waals surface area contributed by atoms with Crippen molar-refractivity contribution in [2.45, 2.75) is 37.2 Å². The van der Waals surface area contributed by atoms with Crippen LogP contribution in [-0.2, 0) is 9.59 Å². The highest BCUT2D eigenvalue weighted by Gasteiger charge is 2.58. The van der Waals surface area contributed by atoms with Gasteiger partial charge in [-0.15, -0.1) is 0 Å². The van der Waals surface area contributed by atoms with Gasteiger partial charge >= 0.3 is 13.1 Å². The molecule has 2 rings (SSSR count). The van der Waals surface area contributed by atoms with E-state index in [-0.39, 0.29) is 36.4 Å². The lowest BCUT2D eigenvalue weighted by molar-refractivity contribution is -0.145. The number of amides is 1. The third kappa shape index (κ3) is 3.57. The number of rotatable bonds is 7. The van der Waals surface area contributed by atoms with E-state index in [1.165, 1.54) is 0 Å². The molecule has 1 saturated carbocycles. The van der Waals surface area contributed by atoms with Gasteiger partial charge in [0.25, 0.3) is 0 Å². The van der Waals surface area contributed by atoms with E-state index in [1.807, 2.05) is 0 Å². The van der Waals surface area contributed by atoms with Gasteiger partial charge in [0.1, 0.15) is 11.6 Å². The van der Waals surface area contributed by atoms with Gasteiger partial charge in [0.05, 0.1) is 6.61 Å². The van der Waals surface area contributed by atoms with Gasteiger partial charge in [-0.05, 0) is 36.9 Å². The molecule has 136 valence electrons. The first-order valence-corrected chi connectivity index (χ1v) is 8.24. The van der Waals surface area contributed by atoms with Gasteiger partial charge in [0, 0.05) is 13.1 Å². The van der Waals surface area contributed by atoms with E-state index in [0.29, 0.717) is 25.9 Å². The molecule has 24 heavy (non-hydrogen) atoms. The second-order valence-electron chi connectivity index (χ2n) is 7.02. The Morgan fingerprint density at radius 1 is 1.33 bits per heavy atom. The van der Waals surface area contributed by atoms with Crippen LogP contribution in [0.25, 0.3) is 0 Å². The number of hydrogen-bond donors (Lipinski definition) is 6. The number of carbonyl (C=O) groups excluding carboxylic acids is 1. The molecule has 1 aliphatic heterocycles. The Labute approximate surface area is 140 Å². The topological polar surface area (TPSA) is 170 Å². The molecule has 0 aromatic rings. The zero-order valence-electron chi connectivity index (χ0n) is 13.5. The molecule has 0 bridgehead atoms. The minimum absolute atomic E-state index is 0.0232. The van der Waals surface area contributed by atoms with E-state index in [9.17, 15) is 14.7 Å². The summed E-state index contributed by atoms with van der Waals surface area (Å²) in [6.45, 7) is 0.330. The minimum Gasteiger partial charge on any atom is -0.480 e. The number of carboxylic acid groups (broad SMARTS) is 1. The summed E-state index contributed by atoms with van der Waals surface area (Å²) in [7, 11) is -1.43. The summed E-state index contributed by atoms with van der Waals surface area (Å²) >= 11 is 0. The Hall–Kier alpha value is -1.20. The number of hydrogen-bond acceptors (Lipinski definition) is 7. The first kappa shape index (κ1) is 19.1. The maximum absolute atomic E-state index is 12.1. The molecule has 1 saturated heterocycles. The van der Waals surface area contributed by atoms with Crippen molar-refractivity contribution in [3.8, 4) is 0 Å². The molecule has 0 aromatic heterocycles. The first-order valence-electron chi connectivity index (χ1n) is 8.24. The number of carbonyl (C=O) groups is 2. The summed E-state index contributed by atoms with van der Waals surface area (Å²) in [5, 5.41) is 36.5. The summed E-state index contributed by atoms with van der Waals surface area (Å²) in [5.41, 5.74) is 10.4. The Bertz CT molecular complexity index is 493. The zero-order valence-corrected chi connectivity index (χ0v) is 13.5. The zero-order chi connectivity index (χ0) is 18.1. The van der Waals surface area contributed by atoms with Gasteiger partial charge < -0.3 is 36.6 Å². The SMILES string of the molecule is NC(CO)C(=O)N1CC2CC(N)(C(=O)O)C(CCCB(O)O)C2C1. The van der Waals surface area contributed by atoms with Gasteiger partial charge in [-0.2, -0.15) is 0 Å². The van der Waals surface area contributed by atoms with Crippen molar-refractivity contribution < 1.29 is 29.9 Å². The number of aliphatic hydroxyl groups excluding tert-OH is 1.